The molecule has 4 aromatic rings. The normalized spacial score (nSPS) is 10.6. The minimum atomic E-state index is -0.676. The van der Waals surface area contributed by atoms with Crippen molar-refractivity contribution in [2.75, 3.05) is 10.6 Å². The van der Waals surface area contributed by atoms with Crippen LogP contribution in [0.15, 0.2) is 67.0 Å². The van der Waals surface area contributed by atoms with Crippen LogP contribution in [0, 0.1) is 12.7 Å². The van der Waals surface area contributed by atoms with E-state index in [1.54, 1.807) is 54.3 Å². The highest BCUT2D eigenvalue weighted by atomic mass is 35.5. The third kappa shape index (κ3) is 4.28. The highest BCUT2D eigenvalue weighted by molar-refractivity contribution is 6.34. The maximum absolute atomic E-state index is 13.9. The number of benzene rings is 2. The number of aromatic nitrogens is 4. The van der Waals surface area contributed by atoms with Crippen LogP contribution in [0.4, 0.5) is 21.6 Å². The van der Waals surface area contributed by atoms with E-state index in [-0.39, 0.29) is 10.6 Å². The number of rotatable bonds is 5. The van der Waals surface area contributed by atoms with Gasteiger partial charge in [0.15, 0.2) is 5.82 Å². The van der Waals surface area contributed by atoms with Crippen LogP contribution < -0.4 is 10.6 Å². The zero-order valence-electron chi connectivity index (χ0n) is 15.8. The molecule has 2 aromatic heterocycles. The molecular weight excluding hydrogens is 407 g/mol. The quantitative estimate of drug-likeness (QED) is 0.484. The van der Waals surface area contributed by atoms with E-state index in [9.17, 15) is 9.18 Å². The molecule has 0 spiro atoms. The minimum absolute atomic E-state index is 0.0536. The summed E-state index contributed by atoms with van der Waals surface area (Å²) in [6.45, 7) is 1.80. The molecule has 150 valence electrons. The van der Waals surface area contributed by atoms with Crippen molar-refractivity contribution in [1.82, 2.24) is 19.7 Å². The van der Waals surface area contributed by atoms with Gasteiger partial charge in [-0.05, 0) is 49.4 Å². The van der Waals surface area contributed by atoms with Crippen LogP contribution in [-0.4, -0.2) is 25.7 Å². The van der Waals surface area contributed by atoms with Gasteiger partial charge in [0, 0.05) is 29.8 Å². The maximum atomic E-state index is 13.9. The second-order valence-corrected chi connectivity index (χ2v) is 6.77. The molecular formula is C21H16ClFN6O. The molecule has 2 N–H and O–H groups in total. The van der Waals surface area contributed by atoms with Crippen molar-refractivity contribution in [1.29, 1.82) is 0 Å². The Bertz CT molecular complexity index is 1170. The van der Waals surface area contributed by atoms with Gasteiger partial charge in [-0.25, -0.2) is 19.0 Å². The molecule has 2 heterocycles. The van der Waals surface area contributed by atoms with E-state index in [1.165, 1.54) is 18.2 Å². The number of aryl methyl sites for hydroxylation is 1. The minimum Gasteiger partial charge on any atom is -0.340 e. The zero-order valence-corrected chi connectivity index (χ0v) is 16.6. The van der Waals surface area contributed by atoms with Crippen LogP contribution in [0.3, 0.4) is 0 Å². The number of hydrogen-bond donors (Lipinski definition) is 2. The van der Waals surface area contributed by atoms with E-state index in [2.05, 4.69) is 25.7 Å². The molecule has 7 nitrogen and oxygen atoms in total. The summed E-state index contributed by atoms with van der Waals surface area (Å²) < 4.78 is 15.5. The van der Waals surface area contributed by atoms with Crippen molar-refractivity contribution < 1.29 is 9.18 Å². The van der Waals surface area contributed by atoms with Crippen LogP contribution in [0.2, 0.25) is 5.02 Å². The Balaban J connectivity index is 1.49. The van der Waals surface area contributed by atoms with E-state index in [0.717, 1.165) is 5.69 Å². The molecule has 0 unspecified atom stereocenters. The predicted molar refractivity (Wildman–Crippen MR) is 113 cm³/mol. The van der Waals surface area contributed by atoms with Crippen LogP contribution in [0.5, 0.6) is 0 Å². The van der Waals surface area contributed by atoms with Gasteiger partial charge in [0.2, 0.25) is 0 Å². The summed E-state index contributed by atoms with van der Waals surface area (Å²) in [5, 5.41) is 10.1. The fraction of sp³-hybridized carbons (Fsp3) is 0.0476. The van der Waals surface area contributed by atoms with Crippen LogP contribution in [0.25, 0.3) is 5.82 Å². The molecule has 0 bridgehead atoms. The molecule has 0 aliphatic rings. The second-order valence-electron chi connectivity index (χ2n) is 6.36. The number of amides is 1. The summed E-state index contributed by atoms with van der Waals surface area (Å²) in [7, 11) is 0. The highest BCUT2D eigenvalue weighted by Gasteiger charge is 2.15. The van der Waals surface area contributed by atoms with Gasteiger partial charge in [0.25, 0.3) is 5.91 Å². The fourth-order valence-corrected chi connectivity index (χ4v) is 3.08. The summed E-state index contributed by atoms with van der Waals surface area (Å²) >= 11 is 5.94. The summed E-state index contributed by atoms with van der Waals surface area (Å²) in [6.07, 6.45) is 3.47. The Hall–Kier alpha value is -3.78. The Kier molecular flexibility index (Phi) is 5.40. The fourth-order valence-electron chi connectivity index (χ4n) is 2.83. The first-order valence-corrected chi connectivity index (χ1v) is 9.35. The molecule has 2 aromatic carbocycles. The van der Waals surface area contributed by atoms with Crippen molar-refractivity contribution in [3.8, 4) is 5.82 Å². The molecule has 0 radical (unpaired) electrons. The largest absolute Gasteiger partial charge is 0.340 e. The molecule has 0 aliphatic carbocycles. The Labute approximate surface area is 176 Å². The van der Waals surface area contributed by atoms with E-state index < -0.39 is 11.7 Å². The van der Waals surface area contributed by atoms with Gasteiger partial charge in [0.05, 0.1) is 10.6 Å². The summed E-state index contributed by atoms with van der Waals surface area (Å²) in [5.74, 6) is 0.541. The first-order chi connectivity index (χ1) is 14.5. The summed E-state index contributed by atoms with van der Waals surface area (Å²) in [6, 6.07) is 14.6. The lowest BCUT2D eigenvalue weighted by Crippen LogP contribution is -2.14. The van der Waals surface area contributed by atoms with Crippen molar-refractivity contribution in [3.63, 3.8) is 0 Å². The lowest BCUT2D eigenvalue weighted by atomic mass is 10.2. The van der Waals surface area contributed by atoms with Crippen LogP contribution in [0.1, 0.15) is 16.2 Å². The van der Waals surface area contributed by atoms with E-state index >= 15 is 0 Å². The van der Waals surface area contributed by atoms with Gasteiger partial charge in [-0.2, -0.15) is 5.10 Å². The Morgan fingerprint density at radius 3 is 2.53 bits per heavy atom. The topological polar surface area (TPSA) is 84.7 Å². The van der Waals surface area contributed by atoms with Crippen molar-refractivity contribution >= 4 is 34.7 Å². The van der Waals surface area contributed by atoms with Crippen molar-refractivity contribution in [2.24, 2.45) is 0 Å². The highest BCUT2D eigenvalue weighted by Crippen LogP contribution is 2.22. The molecule has 0 aliphatic heterocycles. The molecule has 4 rings (SSSR count). The number of nitrogens with one attached hydrogen (secondary N) is 2. The number of carbonyl (C=O) groups excluding carboxylic acids is 1. The predicted octanol–water partition coefficient (Wildman–Crippen LogP) is 4.76. The van der Waals surface area contributed by atoms with Gasteiger partial charge in [-0.1, -0.05) is 17.7 Å². The molecule has 0 saturated carbocycles. The molecule has 30 heavy (non-hydrogen) atoms. The van der Waals surface area contributed by atoms with Gasteiger partial charge < -0.3 is 10.6 Å². The average molecular weight is 423 g/mol. The standard InChI is InChI=1S/C21H16ClFN6O/c1-13-25-18(12-19(26-13)29-11-3-10-24-29)27-14-6-8-15(9-7-14)28-21(30)20-16(22)4-2-5-17(20)23/h2-12H,1H3,(H,28,30)(H,25,26,27). The number of carbonyl (C=O) groups is 1. The van der Waals surface area contributed by atoms with E-state index in [4.69, 9.17) is 11.6 Å². The maximum Gasteiger partial charge on any atom is 0.260 e. The van der Waals surface area contributed by atoms with Crippen molar-refractivity contribution in [3.05, 3.63) is 89.2 Å². The zero-order chi connectivity index (χ0) is 21.1. The van der Waals surface area contributed by atoms with Gasteiger partial charge in [-0.3, -0.25) is 4.79 Å². The third-order valence-corrected chi connectivity index (χ3v) is 4.48. The first-order valence-electron chi connectivity index (χ1n) is 8.98. The average Bonchev–Trinajstić information content (AvgIpc) is 3.24. The molecule has 0 saturated heterocycles. The first kappa shape index (κ1) is 19.5. The number of nitrogens with zero attached hydrogens (tertiary/aromatic N) is 4. The number of anilines is 3. The molecule has 1 amide bonds. The molecule has 0 atom stereocenters. The smallest absolute Gasteiger partial charge is 0.260 e. The van der Waals surface area contributed by atoms with E-state index in [1.807, 2.05) is 6.07 Å². The van der Waals surface area contributed by atoms with Crippen LogP contribution in [-0.2, 0) is 0 Å². The second kappa shape index (κ2) is 8.30. The third-order valence-electron chi connectivity index (χ3n) is 4.17. The number of hydrogen-bond acceptors (Lipinski definition) is 5. The molecule has 9 heteroatoms. The summed E-state index contributed by atoms with van der Waals surface area (Å²) in [5.41, 5.74) is 1.06. The lowest BCUT2D eigenvalue weighted by Gasteiger charge is -2.11. The Morgan fingerprint density at radius 2 is 1.83 bits per heavy atom. The van der Waals surface area contributed by atoms with Gasteiger partial charge in [0.1, 0.15) is 17.5 Å². The lowest BCUT2D eigenvalue weighted by molar-refractivity contribution is 0.102. The monoisotopic (exact) mass is 422 g/mol. The van der Waals surface area contributed by atoms with Gasteiger partial charge in [-0.15, -0.1) is 0 Å². The van der Waals surface area contributed by atoms with Crippen LogP contribution >= 0.6 is 11.6 Å². The Morgan fingerprint density at radius 1 is 1.07 bits per heavy atom. The SMILES string of the molecule is Cc1nc(Nc2ccc(NC(=O)c3c(F)cccc3Cl)cc2)cc(-n2cccn2)n1. The van der Waals surface area contributed by atoms with Gasteiger partial charge >= 0.3 is 0 Å². The van der Waals surface area contributed by atoms with E-state index in [0.29, 0.717) is 23.1 Å². The summed E-state index contributed by atoms with van der Waals surface area (Å²) in [4.78, 5) is 21.1. The molecule has 0 fully saturated rings. The number of halogens is 2. The van der Waals surface area contributed by atoms with Crippen molar-refractivity contribution in [2.45, 2.75) is 6.92 Å².